The van der Waals surface area contributed by atoms with Gasteiger partial charge in [-0.25, -0.2) is 0 Å². The first-order chi connectivity index (χ1) is 8.08. The predicted molar refractivity (Wildman–Crippen MR) is 69.4 cm³/mol. The Morgan fingerprint density at radius 3 is 3.12 bits per heavy atom. The molecular weight excluding hydrogens is 306 g/mol. The van der Waals surface area contributed by atoms with Gasteiger partial charge in [0.1, 0.15) is 6.04 Å². The number of nitrogens with zero attached hydrogens (tertiary/aromatic N) is 1. The second kappa shape index (κ2) is 5.48. The molecule has 1 aliphatic rings. The van der Waals surface area contributed by atoms with Crippen molar-refractivity contribution in [3.63, 3.8) is 0 Å². The number of rotatable bonds is 3. The average Bonchev–Trinajstić information content (AvgIpc) is 2.58. The number of carbonyl (C=O) groups is 1. The Kier molecular flexibility index (Phi) is 4.19. The van der Waals surface area contributed by atoms with E-state index in [9.17, 15) is 4.79 Å². The largest absolute Gasteiger partial charge is 0.480 e. The van der Waals surface area contributed by atoms with Crippen molar-refractivity contribution in [2.75, 3.05) is 19.8 Å². The molecule has 1 fully saturated rings. The smallest absolute Gasteiger partial charge is 0.323 e. The van der Waals surface area contributed by atoms with Crippen LogP contribution in [0.25, 0.3) is 0 Å². The molecule has 1 atom stereocenters. The van der Waals surface area contributed by atoms with Crippen LogP contribution in [0.4, 0.5) is 0 Å². The summed E-state index contributed by atoms with van der Waals surface area (Å²) >= 11 is 5.18. The van der Waals surface area contributed by atoms with Gasteiger partial charge in [-0.15, -0.1) is 11.3 Å². The van der Waals surface area contributed by atoms with E-state index in [1.54, 1.807) is 11.3 Å². The maximum atomic E-state index is 11.1. The van der Waals surface area contributed by atoms with Crippen LogP contribution in [-0.2, 0) is 16.1 Å². The van der Waals surface area contributed by atoms with Crippen LogP contribution in [0.5, 0.6) is 0 Å². The van der Waals surface area contributed by atoms with E-state index in [0.717, 1.165) is 4.47 Å². The quantitative estimate of drug-likeness (QED) is 0.927. The number of carboxylic acid groups (broad SMARTS) is 1. The SMILES string of the molecule is Cc1sc(CN2CCOCC2C(=O)O)cc1Br. The van der Waals surface area contributed by atoms with Crippen molar-refractivity contribution in [2.24, 2.45) is 0 Å². The fourth-order valence-corrected chi connectivity index (χ4v) is 3.48. The Hall–Kier alpha value is -0.430. The van der Waals surface area contributed by atoms with Crippen molar-refractivity contribution in [1.29, 1.82) is 0 Å². The Labute approximate surface area is 112 Å². The van der Waals surface area contributed by atoms with Crippen LogP contribution in [0, 0.1) is 6.92 Å². The number of hydrogen-bond acceptors (Lipinski definition) is 4. The summed E-state index contributed by atoms with van der Waals surface area (Å²) < 4.78 is 6.31. The Morgan fingerprint density at radius 1 is 1.76 bits per heavy atom. The molecule has 1 aromatic heterocycles. The van der Waals surface area contributed by atoms with Gasteiger partial charge in [0.2, 0.25) is 0 Å². The van der Waals surface area contributed by atoms with Crippen LogP contribution in [0.1, 0.15) is 9.75 Å². The molecule has 2 heterocycles. The minimum atomic E-state index is -0.808. The number of hydrogen-bond donors (Lipinski definition) is 1. The normalized spacial score (nSPS) is 21.6. The van der Waals surface area contributed by atoms with Crippen LogP contribution in [0.2, 0.25) is 0 Å². The molecule has 1 aromatic rings. The molecule has 17 heavy (non-hydrogen) atoms. The standard InChI is InChI=1S/C11H14BrNO3S/c1-7-9(12)4-8(17-7)5-13-2-3-16-6-10(13)11(14)15/h4,10H,2-3,5-6H2,1H3,(H,14,15). The average molecular weight is 320 g/mol. The van der Waals surface area contributed by atoms with Crippen molar-refractivity contribution in [3.05, 3.63) is 20.3 Å². The molecule has 0 bridgehead atoms. The zero-order valence-electron chi connectivity index (χ0n) is 9.48. The highest BCUT2D eigenvalue weighted by molar-refractivity contribution is 9.10. The molecule has 1 N–H and O–H groups in total. The van der Waals surface area contributed by atoms with Crippen LogP contribution < -0.4 is 0 Å². The second-order valence-corrected chi connectivity index (χ2v) is 6.21. The van der Waals surface area contributed by atoms with Gasteiger partial charge in [0, 0.05) is 27.3 Å². The number of thiophene rings is 1. The molecule has 6 heteroatoms. The first-order valence-electron chi connectivity index (χ1n) is 5.37. The summed E-state index contributed by atoms with van der Waals surface area (Å²) in [4.78, 5) is 15.5. The highest BCUT2D eigenvalue weighted by Gasteiger charge is 2.29. The van der Waals surface area contributed by atoms with Gasteiger partial charge < -0.3 is 9.84 Å². The third-order valence-electron chi connectivity index (χ3n) is 2.79. The van der Waals surface area contributed by atoms with Gasteiger partial charge in [0.25, 0.3) is 0 Å². The zero-order chi connectivity index (χ0) is 12.4. The summed E-state index contributed by atoms with van der Waals surface area (Å²) in [5.74, 6) is -0.808. The lowest BCUT2D eigenvalue weighted by Gasteiger charge is -2.32. The van der Waals surface area contributed by atoms with E-state index in [1.807, 2.05) is 11.8 Å². The predicted octanol–water partition coefficient (Wildman–Crippen LogP) is 2.10. The lowest BCUT2D eigenvalue weighted by Crippen LogP contribution is -2.49. The molecule has 0 aromatic carbocycles. The molecule has 0 amide bonds. The van der Waals surface area contributed by atoms with E-state index < -0.39 is 12.0 Å². The van der Waals surface area contributed by atoms with Gasteiger partial charge in [0.05, 0.1) is 13.2 Å². The van der Waals surface area contributed by atoms with E-state index in [4.69, 9.17) is 9.84 Å². The Bertz CT molecular complexity index is 401. The molecule has 1 unspecified atom stereocenters. The van der Waals surface area contributed by atoms with Crippen molar-refractivity contribution >= 4 is 33.2 Å². The van der Waals surface area contributed by atoms with Crippen LogP contribution in [0.15, 0.2) is 10.5 Å². The topological polar surface area (TPSA) is 49.8 Å². The lowest BCUT2D eigenvalue weighted by atomic mass is 10.2. The monoisotopic (exact) mass is 319 g/mol. The number of halogens is 1. The molecule has 94 valence electrons. The third kappa shape index (κ3) is 3.07. The molecule has 0 radical (unpaired) electrons. The molecule has 0 spiro atoms. The van der Waals surface area contributed by atoms with E-state index in [2.05, 4.69) is 22.0 Å². The van der Waals surface area contributed by atoms with Gasteiger partial charge in [-0.05, 0) is 28.9 Å². The molecule has 2 rings (SSSR count). The van der Waals surface area contributed by atoms with Crippen molar-refractivity contribution in [3.8, 4) is 0 Å². The summed E-state index contributed by atoms with van der Waals surface area (Å²) in [5, 5.41) is 9.12. The minimum Gasteiger partial charge on any atom is -0.480 e. The van der Waals surface area contributed by atoms with Crippen LogP contribution >= 0.6 is 27.3 Å². The van der Waals surface area contributed by atoms with E-state index in [1.165, 1.54) is 9.75 Å². The molecule has 0 saturated carbocycles. The summed E-state index contributed by atoms with van der Waals surface area (Å²) in [7, 11) is 0. The van der Waals surface area contributed by atoms with Gasteiger partial charge in [0.15, 0.2) is 0 Å². The summed E-state index contributed by atoms with van der Waals surface area (Å²) in [5.41, 5.74) is 0. The van der Waals surface area contributed by atoms with Crippen LogP contribution in [0.3, 0.4) is 0 Å². The maximum absolute atomic E-state index is 11.1. The first kappa shape index (κ1) is 13.0. The van der Waals surface area contributed by atoms with Gasteiger partial charge in [-0.3, -0.25) is 9.69 Å². The number of aryl methyl sites for hydroxylation is 1. The third-order valence-corrected chi connectivity index (χ3v) is 4.91. The number of morpholine rings is 1. The number of aliphatic carboxylic acids is 1. The molecule has 4 nitrogen and oxygen atoms in total. The molecule has 0 aliphatic carbocycles. The summed E-state index contributed by atoms with van der Waals surface area (Å²) in [6.45, 7) is 4.28. The highest BCUT2D eigenvalue weighted by atomic mass is 79.9. The molecule has 1 aliphatic heterocycles. The number of carboxylic acids is 1. The maximum Gasteiger partial charge on any atom is 0.323 e. The molecular formula is C11H14BrNO3S. The van der Waals surface area contributed by atoms with E-state index in [0.29, 0.717) is 19.7 Å². The van der Waals surface area contributed by atoms with E-state index >= 15 is 0 Å². The van der Waals surface area contributed by atoms with Gasteiger partial charge >= 0.3 is 5.97 Å². The summed E-state index contributed by atoms with van der Waals surface area (Å²) in [6.07, 6.45) is 0. The zero-order valence-corrected chi connectivity index (χ0v) is 11.9. The van der Waals surface area contributed by atoms with Crippen molar-refractivity contribution in [1.82, 2.24) is 4.90 Å². The van der Waals surface area contributed by atoms with Crippen molar-refractivity contribution < 1.29 is 14.6 Å². The summed E-state index contributed by atoms with van der Waals surface area (Å²) in [6, 6.07) is 1.54. The Morgan fingerprint density at radius 2 is 2.53 bits per heavy atom. The number of ether oxygens (including phenoxy) is 1. The van der Waals surface area contributed by atoms with E-state index in [-0.39, 0.29) is 6.61 Å². The fourth-order valence-electron chi connectivity index (χ4n) is 1.85. The Balaban J connectivity index is 2.07. The molecule has 1 saturated heterocycles. The van der Waals surface area contributed by atoms with Crippen molar-refractivity contribution in [2.45, 2.75) is 19.5 Å². The second-order valence-electron chi connectivity index (χ2n) is 4.02. The van der Waals surface area contributed by atoms with Gasteiger partial charge in [-0.1, -0.05) is 0 Å². The first-order valence-corrected chi connectivity index (χ1v) is 6.98. The highest BCUT2D eigenvalue weighted by Crippen LogP contribution is 2.28. The lowest BCUT2D eigenvalue weighted by molar-refractivity contribution is -0.150. The minimum absolute atomic E-state index is 0.279. The van der Waals surface area contributed by atoms with Gasteiger partial charge in [-0.2, -0.15) is 0 Å². The fraction of sp³-hybridized carbons (Fsp3) is 0.545. The van der Waals surface area contributed by atoms with Crippen LogP contribution in [-0.4, -0.2) is 41.8 Å².